The molecular weight excluding hydrogens is 278 g/mol. The van der Waals surface area contributed by atoms with E-state index in [-0.39, 0.29) is 0 Å². The van der Waals surface area contributed by atoms with Crippen LogP contribution in [0.15, 0.2) is 36.4 Å². The van der Waals surface area contributed by atoms with Crippen molar-refractivity contribution < 1.29 is 0 Å². The van der Waals surface area contributed by atoms with Gasteiger partial charge in [-0.1, -0.05) is 67.6 Å². The van der Waals surface area contributed by atoms with E-state index in [4.69, 9.17) is 11.6 Å². The molecule has 21 heavy (non-hydrogen) atoms. The summed E-state index contributed by atoms with van der Waals surface area (Å²) in [6.07, 6.45) is 8.27. The topological polar surface area (TPSA) is 12.0 Å². The molecular formula is C19H24ClN. The number of benzene rings is 2. The highest BCUT2D eigenvalue weighted by Crippen LogP contribution is 2.34. The van der Waals surface area contributed by atoms with Gasteiger partial charge in [-0.2, -0.15) is 0 Å². The summed E-state index contributed by atoms with van der Waals surface area (Å²) in [5, 5.41) is 6.81. The van der Waals surface area contributed by atoms with Crippen molar-refractivity contribution >= 4 is 22.4 Å². The first kappa shape index (κ1) is 14.9. The molecule has 0 amide bonds. The molecule has 0 heterocycles. The monoisotopic (exact) mass is 301 g/mol. The van der Waals surface area contributed by atoms with E-state index in [1.807, 2.05) is 6.07 Å². The Kier molecular flexibility index (Phi) is 4.82. The molecule has 2 aromatic carbocycles. The third-order valence-electron chi connectivity index (χ3n) is 4.97. The van der Waals surface area contributed by atoms with Gasteiger partial charge in [-0.3, -0.25) is 0 Å². The van der Waals surface area contributed by atoms with Gasteiger partial charge in [-0.05, 0) is 42.8 Å². The van der Waals surface area contributed by atoms with Crippen molar-refractivity contribution in [1.82, 2.24) is 5.32 Å². The van der Waals surface area contributed by atoms with Gasteiger partial charge >= 0.3 is 0 Å². The SMILES string of the molecule is CNC(CCC1CCCC1)c1ccc(Cl)c2ccccc12. The second-order valence-corrected chi connectivity index (χ2v) is 6.66. The fraction of sp³-hybridized carbons (Fsp3) is 0.474. The van der Waals surface area contributed by atoms with Gasteiger partial charge in [0, 0.05) is 16.5 Å². The van der Waals surface area contributed by atoms with Gasteiger partial charge in [0.25, 0.3) is 0 Å². The molecule has 1 atom stereocenters. The van der Waals surface area contributed by atoms with Crippen molar-refractivity contribution in [2.45, 2.75) is 44.6 Å². The fourth-order valence-corrected chi connectivity index (χ4v) is 3.97. The van der Waals surface area contributed by atoms with E-state index >= 15 is 0 Å². The Bertz CT molecular complexity index is 602. The fourth-order valence-electron chi connectivity index (χ4n) is 3.75. The summed E-state index contributed by atoms with van der Waals surface area (Å²) in [7, 11) is 2.07. The van der Waals surface area contributed by atoms with Gasteiger partial charge < -0.3 is 5.32 Å². The first-order valence-electron chi connectivity index (χ1n) is 8.14. The number of hydrogen-bond acceptors (Lipinski definition) is 1. The maximum Gasteiger partial charge on any atom is 0.0484 e. The quantitative estimate of drug-likeness (QED) is 0.744. The van der Waals surface area contributed by atoms with Gasteiger partial charge in [0.1, 0.15) is 0 Å². The number of halogens is 1. The van der Waals surface area contributed by atoms with E-state index in [0.29, 0.717) is 6.04 Å². The minimum atomic E-state index is 0.424. The number of fused-ring (bicyclic) bond motifs is 1. The van der Waals surface area contributed by atoms with Crippen LogP contribution in [0.4, 0.5) is 0 Å². The summed E-state index contributed by atoms with van der Waals surface area (Å²) in [6, 6.07) is 13.1. The van der Waals surface area contributed by atoms with Crippen LogP contribution in [0.1, 0.15) is 50.1 Å². The molecule has 0 bridgehead atoms. The lowest BCUT2D eigenvalue weighted by Gasteiger charge is -2.21. The number of hydrogen-bond donors (Lipinski definition) is 1. The van der Waals surface area contributed by atoms with E-state index in [0.717, 1.165) is 16.3 Å². The lowest BCUT2D eigenvalue weighted by Crippen LogP contribution is -2.17. The molecule has 1 fully saturated rings. The summed E-state index contributed by atoms with van der Waals surface area (Å²) in [4.78, 5) is 0. The summed E-state index contributed by atoms with van der Waals surface area (Å²) >= 11 is 6.34. The van der Waals surface area contributed by atoms with Crippen LogP contribution in [-0.2, 0) is 0 Å². The van der Waals surface area contributed by atoms with E-state index < -0.39 is 0 Å². The van der Waals surface area contributed by atoms with Crippen LogP contribution >= 0.6 is 11.6 Å². The smallest absolute Gasteiger partial charge is 0.0484 e. The highest BCUT2D eigenvalue weighted by atomic mass is 35.5. The van der Waals surface area contributed by atoms with Crippen LogP contribution in [0.5, 0.6) is 0 Å². The third kappa shape index (κ3) is 3.25. The molecule has 1 nitrogen and oxygen atoms in total. The van der Waals surface area contributed by atoms with Crippen molar-refractivity contribution in [3.05, 3.63) is 47.0 Å². The van der Waals surface area contributed by atoms with Gasteiger partial charge in [-0.25, -0.2) is 0 Å². The number of nitrogens with one attached hydrogen (secondary N) is 1. The molecule has 2 aromatic rings. The van der Waals surface area contributed by atoms with Gasteiger partial charge in [0.2, 0.25) is 0 Å². The maximum absolute atomic E-state index is 6.34. The first-order valence-corrected chi connectivity index (χ1v) is 8.52. The van der Waals surface area contributed by atoms with Gasteiger partial charge in [0.05, 0.1) is 0 Å². The molecule has 112 valence electrons. The Hall–Kier alpha value is -1.05. The second-order valence-electron chi connectivity index (χ2n) is 6.25. The van der Waals surface area contributed by atoms with Crippen LogP contribution in [0.2, 0.25) is 5.02 Å². The van der Waals surface area contributed by atoms with E-state index in [2.05, 4.69) is 42.7 Å². The van der Waals surface area contributed by atoms with Crippen molar-refractivity contribution in [2.75, 3.05) is 7.05 Å². The van der Waals surface area contributed by atoms with Crippen molar-refractivity contribution in [3.63, 3.8) is 0 Å². The molecule has 0 aromatic heterocycles. The predicted octanol–water partition coefficient (Wildman–Crippen LogP) is 5.72. The summed E-state index contributed by atoms with van der Waals surface area (Å²) in [6.45, 7) is 0. The number of rotatable bonds is 5. The lowest BCUT2D eigenvalue weighted by molar-refractivity contribution is 0.429. The Labute approximate surface area is 132 Å². The Morgan fingerprint density at radius 1 is 1.10 bits per heavy atom. The maximum atomic E-state index is 6.34. The van der Waals surface area contributed by atoms with Gasteiger partial charge in [-0.15, -0.1) is 0 Å². The van der Waals surface area contributed by atoms with Crippen molar-refractivity contribution in [3.8, 4) is 0 Å². The molecule has 0 saturated heterocycles. The van der Waals surface area contributed by atoms with E-state index in [1.165, 1.54) is 49.5 Å². The Morgan fingerprint density at radius 2 is 1.81 bits per heavy atom. The predicted molar refractivity (Wildman–Crippen MR) is 92.0 cm³/mol. The van der Waals surface area contributed by atoms with Crippen LogP contribution < -0.4 is 5.32 Å². The first-order chi connectivity index (χ1) is 10.3. The highest BCUT2D eigenvalue weighted by molar-refractivity contribution is 6.35. The average molecular weight is 302 g/mol. The molecule has 1 unspecified atom stereocenters. The third-order valence-corrected chi connectivity index (χ3v) is 5.30. The minimum Gasteiger partial charge on any atom is -0.313 e. The molecule has 3 rings (SSSR count). The highest BCUT2D eigenvalue weighted by Gasteiger charge is 2.19. The summed E-state index contributed by atoms with van der Waals surface area (Å²) in [5.74, 6) is 0.944. The Morgan fingerprint density at radius 3 is 2.52 bits per heavy atom. The largest absolute Gasteiger partial charge is 0.313 e. The minimum absolute atomic E-state index is 0.424. The lowest BCUT2D eigenvalue weighted by atomic mass is 9.92. The molecule has 0 radical (unpaired) electrons. The molecule has 0 spiro atoms. The molecule has 1 N–H and O–H groups in total. The van der Waals surface area contributed by atoms with E-state index in [9.17, 15) is 0 Å². The molecule has 1 aliphatic rings. The molecule has 1 saturated carbocycles. The molecule has 2 heteroatoms. The van der Waals surface area contributed by atoms with Crippen LogP contribution in [0, 0.1) is 5.92 Å². The average Bonchev–Trinajstić information content (AvgIpc) is 3.03. The Balaban J connectivity index is 1.84. The zero-order valence-corrected chi connectivity index (χ0v) is 13.5. The van der Waals surface area contributed by atoms with E-state index in [1.54, 1.807) is 0 Å². The molecule has 1 aliphatic carbocycles. The van der Waals surface area contributed by atoms with Crippen LogP contribution in [0.25, 0.3) is 10.8 Å². The molecule has 0 aliphatic heterocycles. The van der Waals surface area contributed by atoms with Gasteiger partial charge in [0.15, 0.2) is 0 Å². The zero-order chi connectivity index (χ0) is 14.7. The van der Waals surface area contributed by atoms with Crippen molar-refractivity contribution in [2.24, 2.45) is 5.92 Å². The van der Waals surface area contributed by atoms with Crippen LogP contribution in [-0.4, -0.2) is 7.05 Å². The van der Waals surface area contributed by atoms with Crippen molar-refractivity contribution in [1.29, 1.82) is 0 Å². The van der Waals surface area contributed by atoms with Crippen LogP contribution in [0.3, 0.4) is 0 Å². The summed E-state index contributed by atoms with van der Waals surface area (Å²) < 4.78 is 0. The second kappa shape index (κ2) is 6.81. The summed E-state index contributed by atoms with van der Waals surface area (Å²) in [5.41, 5.74) is 1.38. The zero-order valence-electron chi connectivity index (χ0n) is 12.7. The normalized spacial score (nSPS) is 17.4. The standard InChI is InChI=1S/C19H24ClN/c1-21-19(13-10-14-6-2-3-7-14)17-11-12-18(20)16-9-5-4-8-15(16)17/h4-5,8-9,11-12,14,19,21H,2-3,6-7,10,13H2,1H3.